The molecule has 1 fully saturated rings. The van der Waals surface area contributed by atoms with Gasteiger partial charge >= 0.3 is 0 Å². The van der Waals surface area contributed by atoms with Gasteiger partial charge in [0.1, 0.15) is 0 Å². The van der Waals surface area contributed by atoms with Gasteiger partial charge in [0.2, 0.25) is 0 Å². The Morgan fingerprint density at radius 1 is 1.31 bits per heavy atom. The number of hydrogen-bond acceptors (Lipinski definition) is 2. The Bertz CT molecular complexity index is 180. The van der Waals surface area contributed by atoms with Gasteiger partial charge in [-0.2, -0.15) is 0 Å². The van der Waals surface area contributed by atoms with E-state index in [1.165, 1.54) is 45.2 Å². The first-order valence-corrected chi connectivity index (χ1v) is 7.14. The third-order valence-corrected chi connectivity index (χ3v) is 3.75. The van der Waals surface area contributed by atoms with E-state index in [2.05, 4.69) is 37.9 Å². The largest absolute Gasteiger partial charge is 0.314 e. The van der Waals surface area contributed by atoms with Crippen LogP contribution in [-0.2, 0) is 0 Å². The zero-order valence-electron chi connectivity index (χ0n) is 11.6. The topological polar surface area (TPSA) is 15.3 Å². The summed E-state index contributed by atoms with van der Waals surface area (Å²) in [5.41, 5.74) is 0. The van der Waals surface area contributed by atoms with Crippen LogP contribution in [0.15, 0.2) is 0 Å². The van der Waals surface area contributed by atoms with E-state index in [0.29, 0.717) is 12.1 Å². The lowest BCUT2D eigenvalue weighted by Crippen LogP contribution is -2.49. The highest BCUT2D eigenvalue weighted by molar-refractivity contribution is 4.83. The summed E-state index contributed by atoms with van der Waals surface area (Å²) in [6.45, 7) is 11.8. The number of rotatable bonds is 6. The van der Waals surface area contributed by atoms with Crippen molar-refractivity contribution >= 4 is 0 Å². The van der Waals surface area contributed by atoms with Crippen LogP contribution in [0.25, 0.3) is 0 Å². The van der Waals surface area contributed by atoms with E-state index in [0.717, 1.165) is 6.04 Å². The van der Waals surface area contributed by atoms with Crippen molar-refractivity contribution in [1.29, 1.82) is 0 Å². The summed E-state index contributed by atoms with van der Waals surface area (Å²) in [7, 11) is 0. The van der Waals surface area contributed by atoms with Crippen LogP contribution in [0.4, 0.5) is 0 Å². The average molecular weight is 226 g/mol. The first-order valence-electron chi connectivity index (χ1n) is 7.14. The zero-order chi connectivity index (χ0) is 12.0. The second kappa shape index (κ2) is 7.29. The molecule has 0 aliphatic carbocycles. The molecule has 0 amide bonds. The maximum Gasteiger partial charge on any atom is 0.0125 e. The number of nitrogens with one attached hydrogen (secondary N) is 1. The maximum atomic E-state index is 3.55. The summed E-state index contributed by atoms with van der Waals surface area (Å²) < 4.78 is 0. The molecule has 0 spiro atoms. The molecule has 2 unspecified atom stereocenters. The summed E-state index contributed by atoms with van der Waals surface area (Å²) in [5, 5.41) is 3.55. The van der Waals surface area contributed by atoms with Crippen molar-refractivity contribution in [2.75, 3.05) is 13.1 Å². The van der Waals surface area contributed by atoms with E-state index in [9.17, 15) is 0 Å². The molecule has 0 aromatic heterocycles. The van der Waals surface area contributed by atoms with Crippen molar-refractivity contribution in [2.45, 2.75) is 77.9 Å². The van der Waals surface area contributed by atoms with Gasteiger partial charge in [0.15, 0.2) is 0 Å². The highest BCUT2D eigenvalue weighted by Crippen LogP contribution is 2.18. The van der Waals surface area contributed by atoms with E-state index in [1.54, 1.807) is 0 Å². The van der Waals surface area contributed by atoms with Crippen LogP contribution in [-0.4, -0.2) is 36.1 Å². The fourth-order valence-electron chi connectivity index (χ4n) is 2.81. The molecule has 1 N–H and O–H groups in total. The molecular formula is C14H30N2. The Balaban J connectivity index is 2.41. The number of hydrogen-bond donors (Lipinski definition) is 1. The predicted octanol–water partition coefficient (Wildman–Crippen LogP) is 3.03. The van der Waals surface area contributed by atoms with Crippen molar-refractivity contribution in [3.63, 3.8) is 0 Å². The van der Waals surface area contributed by atoms with Crippen LogP contribution in [0.5, 0.6) is 0 Å². The Hall–Kier alpha value is -0.0800. The lowest BCUT2D eigenvalue weighted by molar-refractivity contribution is 0.111. The molecule has 0 radical (unpaired) electrons. The van der Waals surface area contributed by atoms with Crippen LogP contribution in [0, 0.1) is 0 Å². The van der Waals surface area contributed by atoms with E-state index in [1.807, 2.05) is 0 Å². The van der Waals surface area contributed by atoms with Gasteiger partial charge in [0.25, 0.3) is 0 Å². The molecule has 0 aromatic rings. The SMILES string of the molecule is CCCCCN(C(C)C)C1CCNC(C)C1. The molecule has 96 valence electrons. The van der Waals surface area contributed by atoms with Gasteiger partial charge in [0, 0.05) is 18.1 Å². The summed E-state index contributed by atoms with van der Waals surface area (Å²) in [6.07, 6.45) is 6.73. The van der Waals surface area contributed by atoms with Gasteiger partial charge in [0.05, 0.1) is 0 Å². The third kappa shape index (κ3) is 4.42. The van der Waals surface area contributed by atoms with Crippen LogP contribution >= 0.6 is 0 Å². The molecule has 2 atom stereocenters. The van der Waals surface area contributed by atoms with Crippen molar-refractivity contribution in [2.24, 2.45) is 0 Å². The Labute approximate surface area is 102 Å². The van der Waals surface area contributed by atoms with Gasteiger partial charge in [-0.25, -0.2) is 0 Å². The maximum absolute atomic E-state index is 3.55. The minimum atomic E-state index is 0.700. The lowest BCUT2D eigenvalue weighted by atomic mass is 9.97. The average Bonchev–Trinajstić information content (AvgIpc) is 2.24. The summed E-state index contributed by atoms with van der Waals surface area (Å²) >= 11 is 0. The molecular weight excluding hydrogens is 196 g/mol. The normalized spacial score (nSPS) is 26.6. The van der Waals surface area contributed by atoms with Crippen molar-refractivity contribution in [3.05, 3.63) is 0 Å². The van der Waals surface area contributed by atoms with Gasteiger partial charge < -0.3 is 5.32 Å². The molecule has 16 heavy (non-hydrogen) atoms. The molecule has 0 aromatic carbocycles. The highest BCUT2D eigenvalue weighted by atomic mass is 15.2. The van der Waals surface area contributed by atoms with Crippen LogP contribution in [0.3, 0.4) is 0 Å². The molecule has 1 rings (SSSR count). The quantitative estimate of drug-likeness (QED) is 0.700. The van der Waals surface area contributed by atoms with Crippen molar-refractivity contribution < 1.29 is 0 Å². The molecule has 2 nitrogen and oxygen atoms in total. The second-order valence-corrected chi connectivity index (χ2v) is 5.57. The molecule has 0 saturated carbocycles. The Morgan fingerprint density at radius 3 is 2.62 bits per heavy atom. The molecule has 1 heterocycles. The fraction of sp³-hybridized carbons (Fsp3) is 1.00. The summed E-state index contributed by atoms with van der Waals surface area (Å²) in [6, 6.07) is 2.21. The smallest absolute Gasteiger partial charge is 0.0125 e. The second-order valence-electron chi connectivity index (χ2n) is 5.57. The molecule has 0 bridgehead atoms. The minimum Gasteiger partial charge on any atom is -0.314 e. The van der Waals surface area contributed by atoms with E-state index in [4.69, 9.17) is 0 Å². The highest BCUT2D eigenvalue weighted by Gasteiger charge is 2.25. The Morgan fingerprint density at radius 2 is 2.06 bits per heavy atom. The Kier molecular flexibility index (Phi) is 6.37. The van der Waals surface area contributed by atoms with Gasteiger partial charge in [-0.05, 0) is 53.1 Å². The van der Waals surface area contributed by atoms with Crippen LogP contribution in [0.1, 0.15) is 59.8 Å². The van der Waals surface area contributed by atoms with Crippen LogP contribution in [0.2, 0.25) is 0 Å². The standard InChI is InChI=1S/C14H30N2/c1-5-6-7-10-16(12(2)3)14-8-9-15-13(4)11-14/h12-15H,5-11H2,1-4H3. The first kappa shape index (κ1) is 14.0. The zero-order valence-corrected chi connectivity index (χ0v) is 11.6. The fourth-order valence-corrected chi connectivity index (χ4v) is 2.81. The monoisotopic (exact) mass is 226 g/mol. The summed E-state index contributed by atoms with van der Waals surface area (Å²) in [4.78, 5) is 2.73. The van der Waals surface area contributed by atoms with Crippen LogP contribution < -0.4 is 5.32 Å². The van der Waals surface area contributed by atoms with E-state index < -0.39 is 0 Å². The van der Waals surface area contributed by atoms with Crippen molar-refractivity contribution in [1.82, 2.24) is 10.2 Å². The van der Waals surface area contributed by atoms with Gasteiger partial charge in [-0.3, -0.25) is 4.90 Å². The van der Waals surface area contributed by atoms with Gasteiger partial charge in [-0.15, -0.1) is 0 Å². The molecule has 1 saturated heterocycles. The lowest BCUT2D eigenvalue weighted by Gasteiger charge is -2.39. The van der Waals surface area contributed by atoms with Crippen molar-refractivity contribution in [3.8, 4) is 0 Å². The van der Waals surface area contributed by atoms with Gasteiger partial charge in [-0.1, -0.05) is 19.8 Å². The summed E-state index contributed by atoms with van der Waals surface area (Å²) in [5.74, 6) is 0. The van der Waals surface area contributed by atoms with E-state index >= 15 is 0 Å². The molecule has 2 heteroatoms. The number of unbranched alkanes of at least 4 members (excludes halogenated alkanes) is 2. The molecule has 1 aliphatic heterocycles. The minimum absolute atomic E-state index is 0.700. The van der Waals surface area contributed by atoms with E-state index in [-0.39, 0.29) is 0 Å². The first-order chi connectivity index (χ1) is 7.65. The molecule has 1 aliphatic rings. The predicted molar refractivity (Wildman–Crippen MR) is 71.9 cm³/mol. The number of piperidine rings is 1. The third-order valence-electron chi connectivity index (χ3n) is 3.75. The number of nitrogens with zero attached hydrogens (tertiary/aromatic N) is 1.